The largest absolute Gasteiger partial charge is 0.507 e. The molecule has 0 fully saturated rings. The lowest BCUT2D eigenvalue weighted by Gasteiger charge is -2.18. The number of benzene rings is 3. The van der Waals surface area contributed by atoms with Crippen LogP contribution in [-0.2, 0) is 6.54 Å². The second kappa shape index (κ2) is 6.42. The first kappa shape index (κ1) is 15.6. The van der Waals surface area contributed by atoms with Crippen LogP contribution in [-0.4, -0.2) is 23.0 Å². The molecule has 0 saturated carbocycles. The van der Waals surface area contributed by atoms with Crippen LogP contribution in [0.5, 0.6) is 5.75 Å². The molecule has 0 atom stereocenters. The monoisotopic (exact) mass is 369 g/mol. The molecule has 116 valence electrons. The number of nitrogens with zero attached hydrogens (tertiary/aromatic N) is 1. The number of carbonyl (C=O) groups is 1. The van der Waals surface area contributed by atoms with Gasteiger partial charge in [-0.15, -0.1) is 0 Å². The fourth-order valence-corrected chi connectivity index (χ4v) is 2.81. The molecule has 0 spiro atoms. The summed E-state index contributed by atoms with van der Waals surface area (Å²) in [4.78, 5) is 14.2. The van der Waals surface area contributed by atoms with Crippen LogP contribution >= 0.6 is 15.9 Å². The average molecular weight is 370 g/mol. The number of carbonyl (C=O) groups excluding carboxylic acids is 1. The molecule has 4 heteroatoms. The number of amides is 1. The van der Waals surface area contributed by atoms with Gasteiger partial charge in [0.05, 0.1) is 5.56 Å². The molecule has 0 aliphatic rings. The maximum Gasteiger partial charge on any atom is 0.257 e. The van der Waals surface area contributed by atoms with E-state index in [0.29, 0.717) is 12.1 Å². The predicted octanol–water partition coefficient (Wildman–Crippen LogP) is 4.58. The van der Waals surface area contributed by atoms with E-state index < -0.39 is 0 Å². The number of fused-ring (bicyclic) bond motifs is 1. The zero-order chi connectivity index (χ0) is 16.4. The second-order valence-corrected chi connectivity index (χ2v) is 6.42. The van der Waals surface area contributed by atoms with Gasteiger partial charge in [0, 0.05) is 18.1 Å². The van der Waals surface area contributed by atoms with Crippen molar-refractivity contribution < 1.29 is 9.90 Å². The fourth-order valence-electron chi connectivity index (χ4n) is 2.54. The molecule has 0 radical (unpaired) electrons. The summed E-state index contributed by atoms with van der Waals surface area (Å²) in [6.45, 7) is 0.485. The topological polar surface area (TPSA) is 40.5 Å². The van der Waals surface area contributed by atoms with Crippen LogP contribution in [0, 0.1) is 0 Å². The summed E-state index contributed by atoms with van der Waals surface area (Å²) in [7, 11) is 1.74. The summed E-state index contributed by atoms with van der Waals surface area (Å²) in [6, 6.07) is 18.9. The third-order valence-electron chi connectivity index (χ3n) is 3.77. The number of halogens is 1. The van der Waals surface area contributed by atoms with Crippen molar-refractivity contribution in [3.05, 3.63) is 76.3 Å². The van der Waals surface area contributed by atoms with E-state index >= 15 is 0 Å². The van der Waals surface area contributed by atoms with E-state index in [2.05, 4.69) is 15.9 Å². The summed E-state index contributed by atoms with van der Waals surface area (Å²) >= 11 is 3.40. The number of rotatable bonds is 3. The minimum atomic E-state index is -0.198. The van der Waals surface area contributed by atoms with Crippen molar-refractivity contribution in [3.63, 3.8) is 0 Å². The van der Waals surface area contributed by atoms with E-state index in [4.69, 9.17) is 0 Å². The first-order valence-corrected chi connectivity index (χ1v) is 8.05. The third kappa shape index (κ3) is 3.37. The van der Waals surface area contributed by atoms with Crippen LogP contribution in [0.1, 0.15) is 15.9 Å². The van der Waals surface area contributed by atoms with Crippen molar-refractivity contribution in [1.82, 2.24) is 4.90 Å². The number of hydrogen-bond acceptors (Lipinski definition) is 2. The standard InChI is InChI=1S/C19H16BrNO2/c1-21(12-13-6-8-16(20)9-7-13)19(23)17-10-14-4-2-3-5-15(14)11-18(17)22/h2-11,22H,12H2,1H3. The van der Waals surface area contributed by atoms with Gasteiger partial charge in [-0.3, -0.25) is 4.79 Å². The maximum atomic E-state index is 12.6. The van der Waals surface area contributed by atoms with E-state index in [1.165, 1.54) is 0 Å². The molecule has 23 heavy (non-hydrogen) atoms. The summed E-state index contributed by atoms with van der Waals surface area (Å²) in [6.07, 6.45) is 0. The van der Waals surface area contributed by atoms with Gasteiger partial charge < -0.3 is 10.0 Å². The molecule has 0 aliphatic carbocycles. The summed E-state index contributed by atoms with van der Waals surface area (Å²) in [5.41, 5.74) is 1.35. The summed E-state index contributed by atoms with van der Waals surface area (Å²) in [5, 5.41) is 12.0. The van der Waals surface area contributed by atoms with Crippen molar-refractivity contribution in [1.29, 1.82) is 0 Å². The maximum absolute atomic E-state index is 12.6. The predicted molar refractivity (Wildman–Crippen MR) is 95.6 cm³/mol. The van der Waals surface area contributed by atoms with Crippen molar-refractivity contribution in [3.8, 4) is 5.75 Å². The van der Waals surface area contributed by atoms with Gasteiger partial charge in [-0.2, -0.15) is 0 Å². The Kier molecular flexibility index (Phi) is 4.35. The Balaban J connectivity index is 1.87. The highest BCUT2D eigenvalue weighted by molar-refractivity contribution is 9.10. The second-order valence-electron chi connectivity index (χ2n) is 5.50. The van der Waals surface area contributed by atoms with Crippen molar-refractivity contribution in [2.45, 2.75) is 6.54 Å². The Morgan fingerprint density at radius 1 is 1.04 bits per heavy atom. The first-order chi connectivity index (χ1) is 11.0. The Morgan fingerprint density at radius 3 is 2.30 bits per heavy atom. The molecule has 0 saturated heterocycles. The Morgan fingerprint density at radius 2 is 1.65 bits per heavy atom. The molecule has 3 aromatic carbocycles. The Labute approximate surface area is 143 Å². The number of phenolic OH excluding ortho intramolecular Hbond substituents is 1. The molecule has 0 aromatic heterocycles. The van der Waals surface area contributed by atoms with E-state index in [1.54, 1.807) is 24.1 Å². The smallest absolute Gasteiger partial charge is 0.257 e. The van der Waals surface area contributed by atoms with E-state index in [0.717, 1.165) is 20.8 Å². The van der Waals surface area contributed by atoms with Gasteiger partial charge in [-0.05, 0) is 40.6 Å². The molecule has 3 aromatic rings. The van der Waals surface area contributed by atoms with E-state index in [1.807, 2.05) is 48.5 Å². The number of hydrogen-bond donors (Lipinski definition) is 1. The van der Waals surface area contributed by atoms with Crippen LogP contribution < -0.4 is 0 Å². The molecule has 0 aliphatic heterocycles. The Hall–Kier alpha value is -2.33. The molecule has 0 unspecified atom stereocenters. The van der Waals surface area contributed by atoms with Gasteiger partial charge in [0.2, 0.25) is 0 Å². The number of phenols is 1. The van der Waals surface area contributed by atoms with E-state index in [9.17, 15) is 9.90 Å². The molecular weight excluding hydrogens is 354 g/mol. The van der Waals surface area contributed by atoms with Crippen molar-refractivity contribution in [2.75, 3.05) is 7.05 Å². The summed E-state index contributed by atoms with van der Waals surface area (Å²) < 4.78 is 1.00. The normalized spacial score (nSPS) is 10.7. The molecule has 3 rings (SSSR count). The van der Waals surface area contributed by atoms with Crippen molar-refractivity contribution >= 4 is 32.6 Å². The van der Waals surface area contributed by atoms with Crippen LogP contribution in [0.2, 0.25) is 0 Å². The summed E-state index contributed by atoms with van der Waals surface area (Å²) in [5.74, 6) is -0.187. The van der Waals surface area contributed by atoms with Crippen LogP contribution in [0.25, 0.3) is 10.8 Å². The van der Waals surface area contributed by atoms with Crippen LogP contribution in [0.4, 0.5) is 0 Å². The number of aromatic hydroxyl groups is 1. The highest BCUT2D eigenvalue weighted by atomic mass is 79.9. The lowest BCUT2D eigenvalue weighted by atomic mass is 10.0. The van der Waals surface area contributed by atoms with Gasteiger partial charge >= 0.3 is 0 Å². The molecular formula is C19H16BrNO2. The average Bonchev–Trinajstić information content (AvgIpc) is 2.55. The minimum Gasteiger partial charge on any atom is -0.507 e. The lowest BCUT2D eigenvalue weighted by molar-refractivity contribution is 0.0782. The lowest BCUT2D eigenvalue weighted by Crippen LogP contribution is -2.26. The van der Waals surface area contributed by atoms with Gasteiger partial charge in [0.25, 0.3) is 5.91 Å². The van der Waals surface area contributed by atoms with Crippen LogP contribution in [0.15, 0.2) is 65.1 Å². The third-order valence-corrected chi connectivity index (χ3v) is 4.30. The molecule has 0 bridgehead atoms. The minimum absolute atomic E-state index is 0.0105. The highest BCUT2D eigenvalue weighted by Gasteiger charge is 2.17. The molecule has 3 nitrogen and oxygen atoms in total. The van der Waals surface area contributed by atoms with Gasteiger partial charge in [-0.1, -0.05) is 52.3 Å². The van der Waals surface area contributed by atoms with Crippen molar-refractivity contribution in [2.24, 2.45) is 0 Å². The quantitative estimate of drug-likeness (QED) is 0.733. The zero-order valence-electron chi connectivity index (χ0n) is 12.7. The molecule has 1 amide bonds. The SMILES string of the molecule is CN(Cc1ccc(Br)cc1)C(=O)c1cc2ccccc2cc1O. The van der Waals surface area contributed by atoms with Gasteiger partial charge in [-0.25, -0.2) is 0 Å². The first-order valence-electron chi connectivity index (χ1n) is 7.26. The van der Waals surface area contributed by atoms with Crippen LogP contribution in [0.3, 0.4) is 0 Å². The van der Waals surface area contributed by atoms with E-state index in [-0.39, 0.29) is 11.7 Å². The molecule has 1 N–H and O–H groups in total. The molecule has 0 heterocycles. The van der Waals surface area contributed by atoms with Gasteiger partial charge in [0.1, 0.15) is 5.75 Å². The highest BCUT2D eigenvalue weighted by Crippen LogP contribution is 2.26. The Bertz CT molecular complexity index is 859. The zero-order valence-corrected chi connectivity index (χ0v) is 14.2. The van der Waals surface area contributed by atoms with Gasteiger partial charge in [0.15, 0.2) is 0 Å². The fraction of sp³-hybridized carbons (Fsp3) is 0.105.